The van der Waals surface area contributed by atoms with Crippen LogP contribution in [-0.4, -0.2) is 49.4 Å². The van der Waals surface area contributed by atoms with Crippen molar-refractivity contribution in [2.45, 2.75) is 26.3 Å². The van der Waals surface area contributed by atoms with Gasteiger partial charge in [-0.05, 0) is 68.2 Å². The maximum Gasteiger partial charge on any atom is 0.141 e. The van der Waals surface area contributed by atoms with Gasteiger partial charge in [-0.15, -0.1) is 0 Å². The topological polar surface area (TPSA) is 75.6 Å². The first-order valence-electron chi connectivity index (χ1n) is 12.5. The zero-order valence-corrected chi connectivity index (χ0v) is 21.2. The summed E-state index contributed by atoms with van der Waals surface area (Å²) in [4.78, 5) is 12.1. The monoisotopic (exact) mass is 493 g/mol. The number of nitriles is 1. The molecule has 4 heterocycles. The van der Waals surface area contributed by atoms with Crippen LogP contribution >= 0.6 is 0 Å². The Labute approximate surface area is 214 Å². The van der Waals surface area contributed by atoms with Crippen LogP contribution in [0.4, 0.5) is 4.39 Å². The van der Waals surface area contributed by atoms with E-state index in [0.717, 1.165) is 71.2 Å². The van der Waals surface area contributed by atoms with E-state index in [9.17, 15) is 9.65 Å². The predicted molar refractivity (Wildman–Crippen MR) is 142 cm³/mol. The third-order valence-electron chi connectivity index (χ3n) is 7.81. The van der Waals surface area contributed by atoms with E-state index in [1.54, 1.807) is 6.07 Å². The molecular formula is C29H28FN7. The van der Waals surface area contributed by atoms with Gasteiger partial charge in [-0.1, -0.05) is 19.1 Å². The van der Waals surface area contributed by atoms with Crippen LogP contribution in [0, 0.1) is 22.6 Å². The highest BCUT2D eigenvalue weighted by Gasteiger charge is 2.30. The molecule has 0 spiro atoms. The lowest BCUT2D eigenvalue weighted by atomic mass is 9.80. The number of imidazole rings is 1. The Balaban J connectivity index is 1.52. The van der Waals surface area contributed by atoms with Crippen molar-refractivity contribution in [2.75, 3.05) is 20.1 Å². The van der Waals surface area contributed by atoms with Crippen LogP contribution in [0.15, 0.2) is 55.1 Å². The van der Waals surface area contributed by atoms with Crippen molar-refractivity contribution in [3.63, 3.8) is 0 Å². The molecular weight excluding hydrogens is 465 g/mol. The smallest absolute Gasteiger partial charge is 0.141 e. The predicted octanol–water partition coefficient (Wildman–Crippen LogP) is 5.39. The maximum absolute atomic E-state index is 14.8. The third kappa shape index (κ3) is 4.05. The summed E-state index contributed by atoms with van der Waals surface area (Å²) < 4.78 is 18.8. The minimum absolute atomic E-state index is 0.0166. The zero-order chi connectivity index (χ0) is 25.7. The summed E-state index contributed by atoms with van der Waals surface area (Å²) in [7, 11) is 4.08. The summed E-state index contributed by atoms with van der Waals surface area (Å²) in [5, 5.41) is 14.6. The first kappa shape index (κ1) is 23.3. The van der Waals surface area contributed by atoms with E-state index in [-0.39, 0.29) is 11.0 Å². The number of pyridine rings is 1. The lowest BCUT2D eigenvalue weighted by Crippen LogP contribution is -2.38. The average Bonchev–Trinajstić information content (AvgIpc) is 3.48. The molecule has 7 nitrogen and oxygen atoms in total. The molecule has 186 valence electrons. The van der Waals surface area contributed by atoms with E-state index in [4.69, 9.17) is 9.97 Å². The van der Waals surface area contributed by atoms with E-state index >= 15 is 0 Å². The van der Waals surface area contributed by atoms with Gasteiger partial charge >= 0.3 is 0 Å². The summed E-state index contributed by atoms with van der Waals surface area (Å²) in [5.74, 6) is -0.552. The molecule has 8 heteroatoms. The number of hydrogen-bond acceptors (Lipinski definition) is 5. The van der Waals surface area contributed by atoms with Crippen LogP contribution in [0.25, 0.3) is 44.3 Å². The minimum atomic E-state index is -0.552. The summed E-state index contributed by atoms with van der Waals surface area (Å²) in [6, 6.07) is 12.7. The molecule has 5 aromatic rings. The van der Waals surface area contributed by atoms with E-state index in [0.29, 0.717) is 5.56 Å². The van der Waals surface area contributed by atoms with E-state index in [1.807, 2.05) is 48.7 Å². The van der Waals surface area contributed by atoms with E-state index < -0.39 is 5.82 Å². The number of likely N-dealkylation sites (tertiary alicyclic amines) is 1. The number of piperidine rings is 1. The van der Waals surface area contributed by atoms with Crippen LogP contribution in [0.1, 0.15) is 25.3 Å². The molecule has 3 aromatic heterocycles. The fraction of sp³-hybridized carbons (Fsp3) is 0.310. The van der Waals surface area contributed by atoms with Crippen LogP contribution in [0.5, 0.6) is 0 Å². The summed E-state index contributed by atoms with van der Waals surface area (Å²) in [6.07, 6.45) is 7.83. The number of halogens is 1. The minimum Gasteiger partial charge on any atom is -0.329 e. The van der Waals surface area contributed by atoms with Gasteiger partial charge in [0, 0.05) is 30.1 Å². The Kier molecular flexibility index (Phi) is 5.54. The third-order valence-corrected chi connectivity index (χ3v) is 7.81. The number of rotatable bonds is 4. The van der Waals surface area contributed by atoms with Gasteiger partial charge in [-0.2, -0.15) is 10.4 Å². The Hall–Kier alpha value is -4.09. The fourth-order valence-corrected chi connectivity index (χ4v) is 5.44. The number of benzene rings is 2. The van der Waals surface area contributed by atoms with Crippen molar-refractivity contribution in [3.8, 4) is 28.5 Å². The molecule has 1 aliphatic heterocycles. The highest BCUT2D eigenvalue weighted by molar-refractivity contribution is 6.00. The summed E-state index contributed by atoms with van der Waals surface area (Å²) >= 11 is 0. The van der Waals surface area contributed by atoms with Crippen molar-refractivity contribution >= 4 is 21.9 Å². The number of hydrogen-bond donors (Lipinski definition) is 0. The second-order valence-corrected chi connectivity index (χ2v) is 10.6. The molecule has 1 saturated heterocycles. The number of aromatic nitrogens is 5. The lowest BCUT2D eigenvalue weighted by Gasteiger charge is -2.38. The molecule has 37 heavy (non-hydrogen) atoms. The molecule has 0 N–H and O–H groups in total. The maximum atomic E-state index is 14.8. The Bertz CT molecular complexity index is 1680. The Morgan fingerprint density at radius 1 is 1.00 bits per heavy atom. The molecule has 0 atom stereocenters. The van der Waals surface area contributed by atoms with E-state index in [1.165, 1.54) is 12.1 Å². The van der Waals surface area contributed by atoms with Gasteiger partial charge in [0.15, 0.2) is 0 Å². The van der Waals surface area contributed by atoms with Crippen molar-refractivity contribution in [1.82, 2.24) is 29.2 Å². The van der Waals surface area contributed by atoms with Gasteiger partial charge in [0.05, 0.1) is 41.0 Å². The Morgan fingerprint density at radius 3 is 2.54 bits per heavy atom. The van der Waals surface area contributed by atoms with Gasteiger partial charge in [0.2, 0.25) is 0 Å². The first-order valence-corrected chi connectivity index (χ1v) is 12.5. The highest BCUT2D eigenvalue weighted by atomic mass is 19.1. The normalized spacial score (nSPS) is 15.9. The molecule has 0 unspecified atom stereocenters. The number of fused-ring (bicyclic) bond motifs is 2. The van der Waals surface area contributed by atoms with Crippen LogP contribution in [0.2, 0.25) is 0 Å². The summed E-state index contributed by atoms with van der Waals surface area (Å²) in [5.41, 5.74) is 5.93. The molecule has 0 aliphatic carbocycles. The lowest BCUT2D eigenvalue weighted by molar-refractivity contribution is 0.122. The second kappa shape index (κ2) is 8.79. The summed E-state index contributed by atoms with van der Waals surface area (Å²) in [6.45, 7) is 5.35. The van der Waals surface area contributed by atoms with Crippen molar-refractivity contribution in [2.24, 2.45) is 12.5 Å². The van der Waals surface area contributed by atoms with Gasteiger partial charge in [-0.3, -0.25) is 9.67 Å². The van der Waals surface area contributed by atoms with Crippen LogP contribution in [0.3, 0.4) is 0 Å². The van der Waals surface area contributed by atoms with Gasteiger partial charge in [0.1, 0.15) is 17.4 Å². The molecule has 2 aromatic carbocycles. The standard InChI is InChI=1S/C29H28FN7/c1-29(8-10-35(2)11-9-29)17-37-18-33-28-25(37)16-32-27(20-6-7-24-22(12-20)15-34-36(24)3)26(28)19-4-5-21(14-31)23(30)13-19/h4-7,12-13,15-16,18H,8-11,17H2,1-3H3. The van der Waals surface area contributed by atoms with Crippen LogP contribution < -0.4 is 0 Å². The van der Waals surface area contributed by atoms with Crippen molar-refractivity contribution < 1.29 is 4.39 Å². The number of nitrogens with zero attached hydrogens (tertiary/aromatic N) is 7. The largest absolute Gasteiger partial charge is 0.329 e. The Morgan fingerprint density at radius 2 is 1.78 bits per heavy atom. The van der Waals surface area contributed by atoms with Crippen molar-refractivity contribution in [3.05, 3.63) is 66.5 Å². The first-order chi connectivity index (χ1) is 17.8. The van der Waals surface area contributed by atoms with Gasteiger partial charge < -0.3 is 9.47 Å². The molecule has 0 amide bonds. The van der Waals surface area contributed by atoms with Crippen molar-refractivity contribution in [1.29, 1.82) is 5.26 Å². The molecule has 0 saturated carbocycles. The molecule has 1 aliphatic rings. The molecule has 1 fully saturated rings. The molecule has 0 bridgehead atoms. The van der Waals surface area contributed by atoms with Crippen LogP contribution in [-0.2, 0) is 13.6 Å². The van der Waals surface area contributed by atoms with Gasteiger partial charge in [0.25, 0.3) is 0 Å². The fourth-order valence-electron chi connectivity index (χ4n) is 5.44. The van der Waals surface area contributed by atoms with E-state index in [2.05, 4.69) is 34.6 Å². The number of aryl methyl sites for hydroxylation is 1. The average molecular weight is 494 g/mol. The molecule has 6 rings (SSSR count). The second-order valence-electron chi connectivity index (χ2n) is 10.6. The quantitative estimate of drug-likeness (QED) is 0.335. The highest BCUT2D eigenvalue weighted by Crippen LogP contribution is 2.39. The zero-order valence-electron chi connectivity index (χ0n) is 21.2. The molecule has 0 radical (unpaired) electrons. The van der Waals surface area contributed by atoms with Gasteiger partial charge in [-0.25, -0.2) is 9.37 Å². The SMILES string of the molecule is CN1CCC(C)(Cn2cnc3c(-c4ccc(C#N)c(F)c4)c(-c4ccc5c(cnn5C)c4)ncc32)CC1.